The largest absolute Gasteiger partial charge is 0.341 e. The van der Waals surface area contributed by atoms with Gasteiger partial charge in [-0.2, -0.15) is 5.10 Å². The summed E-state index contributed by atoms with van der Waals surface area (Å²) < 4.78 is 0. The summed E-state index contributed by atoms with van der Waals surface area (Å²) in [7, 11) is 0. The number of aromatic amines is 1. The number of nitrogens with zero attached hydrogens (tertiary/aromatic N) is 4. The first-order valence-corrected chi connectivity index (χ1v) is 9.15. The zero-order valence-corrected chi connectivity index (χ0v) is 14.7. The Hall–Kier alpha value is -2.21. The number of likely N-dealkylation sites (tertiary alicyclic amines) is 1. The Morgan fingerprint density at radius 2 is 2.12 bits per heavy atom. The molecule has 132 valence electrons. The van der Waals surface area contributed by atoms with Gasteiger partial charge in [0.05, 0.1) is 6.54 Å². The molecule has 3 heterocycles. The Bertz CT molecular complexity index is 756. The van der Waals surface area contributed by atoms with E-state index in [4.69, 9.17) is 0 Å². The van der Waals surface area contributed by atoms with Crippen LogP contribution in [0.25, 0.3) is 0 Å². The van der Waals surface area contributed by atoms with Gasteiger partial charge in [-0.15, -0.1) is 0 Å². The summed E-state index contributed by atoms with van der Waals surface area (Å²) in [6, 6.07) is 8.55. The van der Waals surface area contributed by atoms with E-state index in [2.05, 4.69) is 44.3 Å². The van der Waals surface area contributed by atoms with E-state index in [1.165, 1.54) is 11.1 Å². The summed E-state index contributed by atoms with van der Waals surface area (Å²) in [5.74, 6) is 2.17. The molecule has 25 heavy (non-hydrogen) atoms. The van der Waals surface area contributed by atoms with Crippen molar-refractivity contribution in [2.75, 3.05) is 26.2 Å². The number of carbonyl (C=O) groups excluding carboxylic acids is 1. The Morgan fingerprint density at radius 1 is 1.28 bits per heavy atom. The van der Waals surface area contributed by atoms with Crippen LogP contribution in [0.5, 0.6) is 0 Å². The molecule has 1 saturated heterocycles. The molecular weight excluding hydrogens is 314 g/mol. The van der Waals surface area contributed by atoms with Crippen molar-refractivity contribution in [3.05, 3.63) is 47.0 Å². The van der Waals surface area contributed by atoms with Crippen LogP contribution in [0.4, 0.5) is 0 Å². The predicted molar refractivity (Wildman–Crippen MR) is 95.1 cm³/mol. The Kier molecular flexibility index (Phi) is 4.53. The highest BCUT2D eigenvalue weighted by molar-refractivity contribution is 5.78. The SMILES string of the molecule is Cc1nc(C2CCCN(C(=O)CN3CCc4ccccc4C3)C2)n[nH]1. The van der Waals surface area contributed by atoms with Gasteiger partial charge < -0.3 is 4.90 Å². The van der Waals surface area contributed by atoms with Crippen molar-refractivity contribution in [3.63, 3.8) is 0 Å². The fourth-order valence-electron chi connectivity index (χ4n) is 3.94. The lowest BCUT2D eigenvalue weighted by Crippen LogP contribution is -2.45. The summed E-state index contributed by atoms with van der Waals surface area (Å²) >= 11 is 0. The number of rotatable bonds is 3. The molecule has 6 heteroatoms. The second kappa shape index (κ2) is 6.96. The van der Waals surface area contributed by atoms with Gasteiger partial charge in [0, 0.05) is 32.1 Å². The molecule has 1 unspecified atom stereocenters. The number of H-pyrrole nitrogens is 1. The van der Waals surface area contributed by atoms with Crippen molar-refractivity contribution >= 4 is 5.91 Å². The van der Waals surface area contributed by atoms with Crippen molar-refractivity contribution in [3.8, 4) is 0 Å². The van der Waals surface area contributed by atoms with Crippen LogP contribution in [0.15, 0.2) is 24.3 Å². The van der Waals surface area contributed by atoms with Gasteiger partial charge in [0.2, 0.25) is 5.91 Å². The molecule has 0 aliphatic carbocycles. The number of carbonyl (C=O) groups is 1. The molecule has 2 aliphatic rings. The smallest absolute Gasteiger partial charge is 0.236 e. The highest BCUT2D eigenvalue weighted by Crippen LogP contribution is 2.25. The Morgan fingerprint density at radius 3 is 2.92 bits per heavy atom. The average molecular weight is 339 g/mol. The Balaban J connectivity index is 1.36. The molecule has 1 amide bonds. The number of aryl methyl sites for hydroxylation is 1. The van der Waals surface area contributed by atoms with Crippen LogP contribution < -0.4 is 0 Å². The van der Waals surface area contributed by atoms with E-state index < -0.39 is 0 Å². The second-order valence-corrected chi connectivity index (χ2v) is 7.19. The molecule has 6 nitrogen and oxygen atoms in total. The van der Waals surface area contributed by atoms with E-state index in [1.807, 2.05) is 11.8 Å². The fourth-order valence-corrected chi connectivity index (χ4v) is 3.94. The molecule has 1 aromatic carbocycles. The molecule has 0 spiro atoms. The van der Waals surface area contributed by atoms with Gasteiger partial charge in [0.1, 0.15) is 5.82 Å². The maximum absolute atomic E-state index is 12.8. The number of hydrogen-bond donors (Lipinski definition) is 1. The van der Waals surface area contributed by atoms with Crippen molar-refractivity contribution in [2.45, 2.75) is 38.6 Å². The second-order valence-electron chi connectivity index (χ2n) is 7.19. The predicted octanol–water partition coefficient (Wildman–Crippen LogP) is 1.88. The molecule has 0 bridgehead atoms. The van der Waals surface area contributed by atoms with Gasteiger partial charge in [0.15, 0.2) is 5.82 Å². The van der Waals surface area contributed by atoms with Gasteiger partial charge in [0.25, 0.3) is 0 Å². The first-order chi connectivity index (χ1) is 12.2. The lowest BCUT2D eigenvalue weighted by atomic mass is 9.97. The molecule has 4 rings (SSSR count). The van der Waals surface area contributed by atoms with Crippen molar-refractivity contribution in [1.29, 1.82) is 0 Å². The van der Waals surface area contributed by atoms with E-state index in [9.17, 15) is 4.79 Å². The molecule has 1 fully saturated rings. The zero-order valence-electron chi connectivity index (χ0n) is 14.7. The maximum Gasteiger partial charge on any atom is 0.236 e. The zero-order chi connectivity index (χ0) is 17.2. The number of aromatic nitrogens is 3. The number of amides is 1. The summed E-state index contributed by atoms with van der Waals surface area (Å²) in [5, 5.41) is 7.20. The van der Waals surface area contributed by atoms with Gasteiger partial charge in [-0.05, 0) is 37.3 Å². The number of fused-ring (bicyclic) bond motifs is 1. The molecule has 1 N–H and O–H groups in total. The average Bonchev–Trinajstić information content (AvgIpc) is 3.08. The minimum Gasteiger partial charge on any atom is -0.341 e. The van der Waals surface area contributed by atoms with Crippen LogP contribution in [-0.2, 0) is 17.8 Å². The topological polar surface area (TPSA) is 65.1 Å². The number of hydrogen-bond acceptors (Lipinski definition) is 4. The third kappa shape index (κ3) is 3.58. The highest BCUT2D eigenvalue weighted by atomic mass is 16.2. The summed E-state index contributed by atoms with van der Waals surface area (Å²) in [6.45, 7) is 5.84. The molecule has 2 aromatic rings. The molecule has 0 radical (unpaired) electrons. The van der Waals surface area contributed by atoms with Crippen LogP contribution in [0, 0.1) is 6.92 Å². The lowest BCUT2D eigenvalue weighted by molar-refractivity contribution is -0.133. The molecule has 1 atom stereocenters. The third-order valence-electron chi connectivity index (χ3n) is 5.32. The van der Waals surface area contributed by atoms with Crippen molar-refractivity contribution in [1.82, 2.24) is 25.0 Å². The molecular formula is C19H25N5O. The Labute approximate surface area is 148 Å². The summed E-state index contributed by atoms with van der Waals surface area (Å²) in [5.41, 5.74) is 2.78. The van der Waals surface area contributed by atoms with Crippen LogP contribution >= 0.6 is 0 Å². The van der Waals surface area contributed by atoms with Crippen LogP contribution in [0.3, 0.4) is 0 Å². The fraction of sp³-hybridized carbons (Fsp3) is 0.526. The summed E-state index contributed by atoms with van der Waals surface area (Å²) in [6.07, 6.45) is 3.10. The van der Waals surface area contributed by atoms with E-state index in [0.717, 1.165) is 57.1 Å². The van der Waals surface area contributed by atoms with Gasteiger partial charge >= 0.3 is 0 Å². The number of benzene rings is 1. The minimum atomic E-state index is 0.233. The van der Waals surface area contributed by atoms with Crippen LogP contribution in [0.1, 0.15) is 41.5 Å². The summed E-state index contributed by atoms with van der Waals surface area (Å²) in [4.78, 5) is 21.5. The molecule has 0 saturated carbocycles. The number of nitrogens with one attached hydrogen (secondary N) is 1. The quantitative estimate of drug-likeness (QED) is 0.927. The number of piperidine rings is 1. The van der Waals surface area contributed by atoms with Gasteiger partial charge in [-0.1, -0.05) is 24.3 Å². The van der Waals surface area contributed by atoms with E-state index >= 15 is 0 Å². The van der Waals surface area contributed by atoms with Crippen molar-refractivity contribution < 1.29 is 4.79 Å². The standard InChI is InChI=1S/C19H25N5O/c1-14-20-19(22-21-14)17-7-4-9-24(12-17)18(25)13-23-10-8-15-5-2-3-6-16(15)11-23/h2-3,5-6,17H,4,7-13H2,1H3,(H,20,21,22). The monoisotopic (exact) mass is 339 g/mol. The molecule has 1 aromatic heterocycles. The third-order valence-corrected chi connectivity index (χ3v) is 5.32. The lowest BCUT2D eigenvalue weighted by Gasteiger charge is -2.34. The minimum absolute atomic E-state index is 0.233. The van der Waals surface area contributed by atoms with E-state index in [0.29, 0.717) is 6.54 Å². The first kappa shape index (κ1) is 16.3. The van der Waals surface area contributed by atoms with Crippen molar-refractivity contribution in [2.24, 2.45) is 0 Å². The van der Waals surface area contributed by atoms with Crippen LogP contribution in [0.2, 0.25) is 0 Å². The molecule has 2 aliphatic heterocycles. The highest BCUT2D eigenvalue weighted by Gasteiger charge is 2.28. The van der Waals surface area contributed by atoms with E-state index in [-0.39, 0.29) is 11.8 Å². The van der Waals surface area contributed by atoms with Gasteiger partial charge in [-0.25, -0.2) is 4.98 Å². The maximum atomic E-state index is 12.8. The normalized spacial score (nSPS) is 21.2. The van der Waals surface area contributed by atoms with Crippen LogP contribution in [-0.4, -0.2) is 57.1 Å². The first-order valence-electron chi connectivity index (χ1n) is 9.15. The van der Waals surface area contributed by atoms with E-state index in [1.54, 1.807) is 0 Å². The van der Waals surface area contributed by atoms with Gasteiger partial charge in [-0.3, -0.25) is 14.8 Å².